The van der Waals surface area contributed by atoms with Gasteiger partial charge in [0, 0.05) is 44.5 Å². The monoisotopic (exact) mass is 479 g/mol. The van der Waals surface area contributed by atoms with Crippen LogP contribution in [0.1, 0.15) is 5.56 Å². The van der Waals surface area contributed by atoms with Crippen molar-refractivity contribution >= 4 is 17.5 Å². The fourth-order valence-electron chi connectivity index (χ4n) is 4.72. The zero-order chi connectivity index (χ0) is 23.7. The summed E-state index contributed by atoms with van der Waals surface area (Å²) < 4.78 is 53.6. The quantitative estimate of drug-likeness (QED) is 0.649. The minimum absolute atomic E-state index is 0.0845. The summed E-state index contributed by atoms with van der Waals surface area (Å²) >= 11 is 0. The molecule has 3 aliphatic rings. The lowest BCUT2D eigenvalue weighted by Crippen LogP contribution is -2.45. The van der Waals surface area contributed by atoms with Gasteiger partial charge in [0.2, 0.25) is 5.95 Å². The van der Waals surface area contributed by atoms with Gasteiger partial charge in [-0.2, -0.15) is 18.2 Å². The number of fused-ring (bicyclic) bond motifs is 1. The molecule has 0 spiro atoms. The number of alkyl halides is 3. The average Bonchev–Trinajstić information content (AvgIpc) is 3.24. The normalized spacial score (nSPS) is 21.1. The molecule has 0 saturated carbocycles. The van der Waals surface area contributed by atoms with Crippen molar-refractivity contribution in [3.8, 4) is 0 Å². The fourth-order valence-corrected chi connectivity index (χ4v) is 4.72. The van der Waals surface area contributed by atoms with E-state index in [-0.39, 0.29) is 12.5 Å². The average molecular weight is 480 g/mol. The highest BCUT2D eigenvalue weighted by Crippen LogP contribution is 2.34. The van der Waals surface area contributed by atoms with Crippen molar-refractivity contribution in [3.63, 3.8) is 0 Å². The molecular weight excluding hydrogens is 451 g/mol. The van der Waals surface area contributed by atoms with E-state index >= 15 is 0 Å². The highest BCUT2D eigenvalue weighted by atomic mass is 19.4. The molecule has 3 aliphatic heterocycles. The van der Waals surface area contributed by atoms with E-state index in [0.717, 1.165) is 28.9 Å². The maximum atomic E-state index is 13.9. The summed E-state index contributed by atoms with van der Waals surface area (Å²) in [5.41, 5.74) is 1.55. The number of halogens is 3. The van der Waals surface area contributed by atoms with E-state index in [0.29, 0.717) is 51.8 Å². The molecule has 1 aromatic carbocycles. The van der Waals surface area contributed by atoms with Gasteiger partial charge in [-0.3, -0.25) is 9.36 Å². The minimum atomic E-state index is -4.47. The Balaban J connectivity index is 1.36. The van der Waals surface area contributed by atoms with Gasteiger partial charge in [0.05, 0.1) is 33.0 Å². The molecule has 2 fully saturated rings. The summed E-state index contributed by atoms with van der Waals surface area (Å²) in [6, 6.07) is 7.46. The van der Waals surface area contributed by atoms with Gasteiger partial charge >= 0.3 is 6.18 Å². The molecule has 0 N–H and O–H groups in total. The molecule has 2 saturated heterocycles. The molecule has 5 rings (SSSR count). The SMILES string of the molecule is O=c1cc(N2CCOCC2)nc2n1CC(C(F)(F)F)N2CCc1ccc(N2CCOCC2)cc1. The smallest absolute Gasteiger partial charge is 0.378 e. The zero-order valence-corrected chi connectivity index (χ0v) is 18.8. The summed E-state index contributed by atoms with van der Waals surface area (Å²) in [6.07, 6.45) is -4.06. The van der Waals surface area contributed by atoms with Crippen LogP contribution in [0, 0.1) is 0 Å². The maximum Gasteiger partial charge on any atom is 0.410 e. The molecule has 1 atom stereocenters. The molecule has 8 nitrogen and oxygen atoms in total. The van der Waals surface area contributed by atoms with Crippen molar-refractivity contribution in [1.82, 2.24) is 9.55 Å². The third kappa shape index (κ3) is 4.72. The largest absolute Gasteiger partial charge is 0.410 e. The number of anilines is 3. The molecule has 1 aromatic heterocycles. The van der Waals surface area contributed by atoms with Crippen molar-refractivity contribution in [2.75, 3.05) is 73.9 Å². The molecule has 2 aromatic rings. The predicted octanol–water partition coefficient (Wildman–Crippen LogP) is 1.91. The first-order valence-corrected chi connectivity index (χ1v) is 11.6. The van der Waals surface area contributed by atoms with Crippen molar-refractivity contribution < 1.29 is 22.6 Å². The lowest BCUT2D eigenvalue weighted by molar-refractivity contribution is -0.148. The maximum absolute atomic E-state index is 13.9. The second kappa shape index (κ2) is 9.46. The Bertz CT molecular complexity index is 1050. The number of hydrogen-bond acceptors (Lipinski definition) is 7. The second-order valence-corrected chi connectivity index (χ2v) is 8.73. The van der Waals surface area contributed by atoms with Crippen LogP contribution >= 0.6 is 0 Å². The van der Waals surface area contributed by atoms with Crippen molar-refractivity contribution in [1.29, 1.82) is 0 Å². The molecule has 184 valence electrons. The van der Waals surface area contributed by atoms with Gasteiger partial charge < -0.3 is 24.2 Å². The Morgan fingerprint density at radius 2 is 1.56 bits per heavy atom. The standard InChI is InChI=1S/C23H28F3N5O3/c24-23(25,26)19-16-31-21(32)15-20(29-9-13-34-14-10-29)27-22(31)30(19)6-5-17-1-3-18(4-2-17)28-7-11-33-12-8-28/h1-4,15,19H,5-14,16H2. The number of benzene rings is 1. The molecule has 0 aliphatic carbocycles. The third-order valence-corrected chi connectivity index (χ3v) is 6.63. The van der Waals surface area contributed by atoms with Crippen LogP contribution < -0.4 is 20.3 Å². The van der Waals surface area contributed by atoms with Crippen molar-refractivity contribution in [2.24, 2.45) is 0 Å². The van der Waals surface area contributed by atoms with E-state index in [1.807, 2.05) is 29.2 Å². The van der Waals surface area contributed by atoms with Crippen LogP contribution in [-0.2, 0) is 22.4 Å². The zero-order valence-electron chi connectivity index (χ0n) is 18.8. The summed E-state index contributed by atoms with van der Waals surface area (Å²) in [4.78, 5) is 22.6. The van der Waals surface area contributed by atoms with Gasteiger partial charge in [-0.15, -0.1) is 0 Å². The first kappa shape index (κ1) is 23.0. The first-order chi connectivity index (χ1) is 16.4. The summed E-state index contributed by atoms with van der Waals surface area (Å²) in [6.45, 7) is 4.78. The predicted molar refractivity (Wildman–Crippen MR) is 122 cm³/mol. The Labute approximate surface area is 195 Å². The van der Waals surface area contributed by atoms with Gasteiger partial charge in [-0.05, 0) is 24.1 Å². The molecule has 0 radical (unpaired) electrons. The van der Waals surface area contributed by atoms with Crippen molar-refractivity contribution in [2.45, 2.75) is 25.2 Å². The highest BCUT2D eigenvalue weighted by molar-refractivity contribution is 5.50. The topological polar surface area (TPSA) is 63.1 Å². The van der Waals surface area contributed by atoms with Crippen LogP contribution in [0.15, 0.2) is 35.1 Å². The lowest BCUT2D eigenvalue weighted by Gasteiger charge is -2.30. The van der Waals surface area contributed by atoms with Crippen LogP contribution in [0.5, 0.6) is 0 Å². The Morgan fingerprint density at radius 3 is 2.18 bits per heavy atom. The number of morpholine rings is 2. The molecule has 34 heavy (non-hydrogen) atoms. The third-order valence-electron chi connectivity index (χ3n) is 6.63. The van der Waals surface area contributed by atoms with Gasteiger partial charge in [0.25, 0.3) is 5.56 Å². The van der Waals surface area contributed by atoms with Crippen molar-refractivity contribution in [3.05, 3.63) is 46.2 Å². The number of aromatic nitrogens is 2. The van der Waals surface area contributed by atoms with Crippen LogP contribution in [0.25, 0.3) is 0 Å². The molecule has 11 heteroatoms. The Morgan fingerprint density at radius 1 is 0.941 bits per heavy atom. The first-order valence-electron chi connectivity index (χ1n) is 11.6. The van der Waals surface area contributed by atoms with Gasteiger partial charge in [0.15, 0.2) is 0 Å². The van der Waals surface area contributed by atoms with E-state index in [1.165, 1.54) is 11.0 Å². The fraction of sp³-hybridized carbons (Fsp3) is 0.565. The number of hydrogen-bond donors (Lipinski definition) is 0. The van der Waals surface area contributed by atoms with Crippen LogP contribution in [0.3, 0.4) is 0 Å². The molecule has 0 bridgehead atoms. The van der Waals surface area contributed by atoms with E-state index in [9.17, 15) is 18.0 Å². The Hall–Kier alpha value is -2.79. The van der Waals surface area contributed by atoms with Crippen LogP contribution in [-0.4, -0.2) is 80.9 Å². The number of nitrogens with zero attached hydrogens (tertiary/aromatic N) is 5. The summed E-state index contributed by atoms with van der Waals surface area (Å²) in [5.74, 6) is 0.489. The molecule has 4 heterocycles. The molecule has 1 unspecified atom stereocenters. The van der Waals surface area contributed by atoms with E-state index < -0.39 is 24.3 Å². The van der Waals surface area contributed by atoms with Crippen LogP contribution in [0.4, 0.5) is 30.6 Å². The Kier molecular flexibility index (Phi) is 6.39. The number of rotatable bonds is 5. The summed E-state index contributed by atoms with van der Waals surface area (Å²) in [7, 11) is 0. The van der Waals surface area contributed by atoms with Gasteiger partial charge in [-0.1, -0.05) is 12.1 Å². The molecular formula is C23H28F3N5O3. The lowest BCUT2D eigenvalue weighted by atomic mass is 10.1. The van der Waals surface area contributed by atoms with E-state index in [4.69, 9.17) is 9.47 Å². The second-order valence-electron chi connectivity index (χ2n) is 8.73. The van der Waals surface area contributed by atoms with Crippen LogP contribution in [0.2, 0.25) is 0 Å². The van der Waals surface area contributed by atoms with Gasteiger partial charge in [0.1, 0.15) is 11.9 Å². The van der Waals surface area contributed by atoms with E-state index in [2.05, 4.69) is 9.88 Å². The minimum Gasteiger partial charge on any atom is -0.378 e. The molecule has 0 amide bonds. The highest BCUT2D eigenvalue weighted by Gasteiger charge is 2.49. The summed E-state index contributed by atoms with van der Waals surface area (Å²) in [5, 5.41) is 0. The number of ether oxygens (including phenoxy) is 2. The van der Waals surface area contributed by atoms with Gasteiger partial charge in [-0.25, -0.2) is 0 Å². The van der Waals surface area contributed by atoms with E-state index in [1.54, 1.807) is 0 Å².